The molecule has 0 heterocycles. The summed E-state index contributed by atoms with van der Waals surface area (Å²) in [6, 6.07) is 18.1. The van der Waals surface area contributed by atoms with Crippen molar-refractivity contribution >= 4 is 11.6 Å². The maximum absolute atomic E-state index is 5.78. The van der Waals surface area contributed by atoms with E-state index in [2.05, 4.69) is 6.07 Å². The van der Waals surface area contributed by atoms with Gasteiger partial charge in [0.2, 0.25) is 0 Å². The lowest BCUT2D eigenvalue weighted by Crippen LogP contribution is -1.94. The largest absolute Gasteiger partial charge is 0.489 e. The first-order chi connectivity index (χ1) is 7.34. The Balaban J connectivity index is 1.96. The summed E-state index contributed by atoms with van der Waals surface area (Å²) in [6.07, 6.45) is 0. The lowest BCUT2D eigenvalue weighted by molar-refractivity contribution is 0.306. The molecule has 0 fully saturated rings. The van der Waals surface area contributed by atoms with E-state index in [0.29, 0.717) is 6.61 Å². The third kappa shape index (κ3) is 3.00. The average Bonchev–Trinajstić information content (AvgIpc) is 2.30. The molecule has 2 heteroatoms. The Kier molecular flexibility index (Phi) is 3.25. The molecule has 0 atom stereocenters. The van der Waals surface area contributed by atoms with Crippen LogP contribution >= 0.6 is 11.6 Å². The van der Waals surface area contributed by atoms with Gasteiger partial charge in [-0.2, -0.15) is 0 Å². The van der Waals surface area contributed by atoms with Crippen molar-refractivity contribution in [3.63, 3.8) is 0 Å². The molecule has 2 aromatic carbocycles. The van der Waals surface area contributed by atoms with Crippen LogP contribution in [0.4, 0.5) is 0 Å². The molecule has 0 amide bonds. The second-order valence-corrected chi connectivity index (χ2v) is 3.59. The van der Waals surface area contributed by atoms with Gasteiger partial charge in [0.05, 0.1) is 0 Å². The highest BCUT2D eigenvalue weighted by Crippen LogP contribution is 2.13. The minimum absolute atomic E-state index is 0.551. The molecule has 15 heavy (non-hydrogen) atoms. The van der Waals surface area contributed by atoms with Gasteiger partial charge >= 0.3 is 0 Å². The molecule has 0 spiro atoms. The normalized spacial score (nSPS) is 9.93. The number of hydrogen-bond donors (Lipinski definition) is 0. The Labute approximate surface area is 94.3 Å². The first-order valence-electron chi connectivity index (χ1n) is 4.68. The van der Waals surface area contributed by atoms with Crippen molar-refractivity contribution in [1.82, 2.24) is 0 Å². The molecule has 1 nitrogen and oxygen atoms in total. The summed E-state index contributed by atoms with van der Waals surface area (Å²) in [6.45, 7) is 0.551. The lowest BCUT2D eigenvalue weighted by atomic mass is 10.2. The van der Waals surface area contributed by atoms with Crippen molar-refractivity contribution in [3.8, 4) is 5.75 Å². The van der Waals surface area contributed by atoms with Crippen LogP contribution in [0.3, 0.4) is 0 Å². The van der Waals surface area contributed by atoms with E-state index in [1.807, 2.05) is 48.5 Å². The number of hydrogen-bond acceptors (Lipinski definition) is 1. The lowest BCUT2D eigenvalue weighted by Gasteiger charge is -2.05. The van der Waals surface area contributed by atoms with Gasteiger partial charge in [0.1, 0.15) is 12.4 Å². The molecule has 2 rings (SSSR count). The fourth-order valence-electron chi connectivity index (χ4n) is 1.21. The molecule has 0 saturated carbocycles. The standard InChI is InChI=1S/C13H10ClO/c14-12-8-6-11(7-9-12)10-15-13-4-2-1-3-5-13/h1-2,4-9H,10H2. The summed E-state index contributed by atoms with van der Waals surface area (Å²) >= 11 is 5.78. The highest BCUT2D eigenvalue weighted by Gasteiger charge is 1.94. The zero-order valence-electron chi connectivity index (χ0n) is 8.11. The Hall–Kier alpha value is -1.47. The Morgan fingerprint density at radius 2 is 1.93 bits per heavy atom. The minimum Gasteiger partial charge on any atom is -0.489 e. The predicted molar refractivity (Wildman–Crippen MR) is 61.1 cm³/mol. The van der Waals surface area contributed by atoms with Crippen LogP contribution < -0.4 is 4.74 Å². The molecule has 0 bridgehead atoms. The van der Waals surface area contributed by atoms with Gasteiger partial charge in [0, 0.05) is 5.02 Å². The van der Waals surface area contributed by atoms with E-state index in [0.717, 1.165) is 16.3 Å². The van der Waals surface area contributed by atoms with Crippen LogP contribution in [0.2, 0.25) is 5.02 Å². The van der Waals surface area contributed by atoms with Crippen LogP contribution in [0.25, 0.3) is 0 Å². The zero-order chi connectivity index (χ0) is 10.5. The summed E-state index contributed by atoms with van der Waals surface area (Å²) in [5.74, 6) is 0.826. The van der Waals surface area contributed by atoms with Gasteiger partial charge in [-0.25, -0.2) is 0 Å². The predicted octanol–water partition coefficient (Wildman–Crippen LogP) is 3.72. The summed E-state index contributed by atoms with van der Waals surface area (Å²) < 4.78 is 5.56. The average molecular weight is 218 g/mol. The molecular formula is C13H10ClO. The van der Waals surface area contributed by atoms with Gasteiger partial charge in [-0.15, -0.1) is 0 Å². The maximum Gasteiger partial charge on any atom is 0.120 e. The molecule has 0 N–H and O–H groups in total. The zero-order valence-corrected chi connectivity index (χ0v) is 8.87. The van der Waals surface area contributed by atoms with E-state index in [9.17, 15) is 0 Å². The molecule has 1 radical (unpaired) electrons. The molecular weight excluding hydrogens is 208 g/mol. The van der Waals surface area contributed by atoms with Crippen LogP contribution in [0.5, 0.6) is 5.75 Å². The van der Waals surface area contributed by atoms with E-state index < -0.39 is 0 Å². The second-order valence-electron chi connectivity index (χ2n) is 3.15. The van der Waals surface area contributed by atoms with E-state index in [-0.39, 0.29) is 0 Å². The topological polar surface area (TPSA) is 9.23 Å². The smallest absolute Gasteiger partial charge is 0.120 e. The summed E-state index contributed by atoms with van der Waals surface area (Å²) in [4.78, 5) is 0. The van der Waals surface area contributed by atoms with Crippen molar-refractivity contribution in [3.05, 3.63) is 65.2 Å². The van der Waals surface area contributed by atoms with Crippen LogP contribution in [0, 0.1) is 6.07 Å². The highest BCUT2D eigenvalue weighted by molar-refractivity contribution is 6.30. The quantitative estimate of drug-likeness (QED) is 0.762. The number of halogens is 1. The van der Waals surface area contributed by atoms with E-state index in [1.165, 1.54) is 0 Å². The third-order valence-electron chi connectivity index (χ3n) is 2.00. The SMILES string of the molecule is Clc1ccc(COc2c[c]ccc2)cc1. The van der Waals surface area contributed by atoms with Crippen LogP contribution in [-0.2, 0) is 6.61 Å². The fraction of sp³-hybridized carbons (Fsp3) is 0.0769. The molecule has 0 unspecified atom stereocenters. The Morgan fingerprint density at radius 3 is 2.60 bits per heavy atom. The van der Waals surface area contributed by atoms with E-state index in [4.69, 9.17) is 16.3 Å². The number of rotatable bonds is 3. The molecule has 0 aliphatic heterocycles. The Bertz CT molecular complexity index is 408. The number of ether oxygens (including phenoxy) is 1. The third-order valence-corrected chi connectivity index (χ3v) is 2.25. The van der Waals surface area contributed by atoms with Gasteiger partial charge in [0.25, 0.3) is 0 Å². The van der Waals surface area contributed by atoms with Gasteiger partial charge in [-0.3, -0.25) is 0 Å². The molecule has 2 aromatic rings. The molecule has 75 valence electrons. The molecule has 0 aliphatic rings. The summed E-state index contributed by atoms with van der Waals surface area (Å²) in [7, 11) is 0. The van der Waals surface area contributed by atoms with Gasteiger partial charge in [0.15, 0.2) is 0 Å². The molecule has 0 aliphatic carbocycles. The van der Waals surface area contributed by atoms with Crippen LogP contribution in [0.1, 0.15) is 5.56 Å². The summed E-state index contributed by atoms with van der Waals surface area (Å²) in [5, 5.41) is 0.742. The first-order valence-corrected chi connectivity index (χ1v) is 5.06. The Morgan fingerprint density at radius 1 is 1.13 bits per heavy atom. The van der Waals surface area contributed by atoms with E-state index >= 15 is 0 Å². The van der Waals surface area contributed by atoms with Crippen LogP contribution in [-0.4, -0.2) is 0 Å². The van der Waals surface area contributed by atoms with Gasteiger partial charge in [-0.1, -0.05) is 35.9 Å². The van der Waals surface area contributed by atoms with Crippen molar-refractivity contribution in [1.29, 1.82) is 0 Å². The van der Waals surface area contributed by atoms with Crippen molar-refractivity contribution in [2.75, 3.05) is 0 Å². The van der Waals surface area contributed by atoms with E-state index in [1.54, 1.807) is 0 Å². The van der Waals surface area contributed by atoms with Crippen molar-refractivity contribution in [2.45, 2.75) is 6.61 Å². The fourth-order valence-corrected chi connectivity index (χ4v) is 1.34. The van der Waals surface area contributed by atoms with Crippen LogP contribution in [0.15, 0.2) is 48.5 Å². The highest BCUT2D eigenvalue weighted by atomic mass is 35.5. The summed E-state index contributed by atoms with van der Waals surface area (Å²) in [5.41, 5.74) is 1.10. The van der Waals surface area contributed by atoms with Crippen molar-refractivity contribution < 1.29 is 4.74 Å². The molecule has 0 saturated heterocycles. The minimum atomic E-state index is 0.551. The van der Waals surface area contributed by atoms with Gasteiger partial charge in [-0.05, 0) is 35.9 Å². The maximum atomic E-state index is 5.78. The number of benzene rings is 2. The first kappa shape index (κ1) is 10.1. The van der Waals surface area contributed by atoms with Gasteiger partial charge < -0.3 is 4.74 Å². The molecule has 0 aromatic heterocycles. The monoisotopic (exact) mass is 217 g/mol. The van der Waals surface area contributed by atoms with Crippen molar-refractivity contribution in [2.24, 2.45) is 0 Å². The second kappa shape index (κ2) is 4.85.